The van der Waals surface area contributed by atoms with E-state index in [1.807, 2.05) is 35.0 Å². The Kier molecular flexibility index (Phi) is 6.45. The summed E-state index contributed by atoms with van der Waals surface area (Å²) in [4.78, 5) is 17.3. The zero-order chi connectivity index (χ0) is 20.4. The number of nitrogens with zero attached hydrogens (tertiary/aromatic N) is 6. The second kappa shape index (κ2) is 8.66. The average molecular weight is 407 g/mol. The molecule has 0 bridgehead atoms. The molecule has 0 aliphatic carbocycles. The summed E-state index contributed by atoms with van der Waals surface area (Å²) in [6.45, 7) is 15.6. The van der Waals surface area contributed by atoms with Crippen molar-refractivity contribution >= 4 is 17.5 Å². The molecule has 0 radical (unpaired) electrons. The maximum absolute atomic E-state index is 12.9. The third-order valence-electron chi connectivity index (χ3n) is 5.61. The molecule has 1 atom stereocenters. The maximum atomic E-state index is 12.9. The number of carbonyl (C=O) groups is 1. The van der Waals surface area contributed by atoms with Crippen LogP contribution in [0.3, 0.4) is 0 Å². The lowest BCUT2D eigenvalue weighted by molar-refractivity contribution is -0.137. The number of carbonyl (C=O) groups excluding carboxylic acids is 1. The molecule has 0 aromatic carbocycles. The highest BCUT2D eigenvalue weighted by Crippen LogP contribution is 2.20. The molecular weight excluding hydrogens is 376 g/mol. The Morgan fingerprint density at radius 3 is 2.36 bits per heavy atom. The summed E-state index contributed by atoms with van der Waals surface area (Å²) in [6, 6.07) is 0. The fourth-order valence-electron chi connectivity index (χ4n) is 3.75. The Bertz CT molecular complexity index is 834. The molecule has 1 aliphatic rings. The Morgan fingerprint density at radius 1 is 1.14 bits per heavy atom. The van der Waals surface area contributed by atoms with Crippen molar-refractivity contribution in [2.75, 3.05) is 26.2 Å². The summed E-state index contributed by atoms with van der Waals surface area (Å²) in [7, 11) is 0. The smallest absolute Gasteiger partial charge is 0.227 e. The van der Waals surface area contributed by atoms with E-state index in [9.17, 15) is 4.79 Å². The molecule has 28 heavy (non-hydrogen) atoms. The van der Waals surface area contributed by atoms with E-state index in [1.165, 1.54) is 5.56 Å². The van der Waals surface area contributed by atoms with Gasteiger partial charge in [-0.25, -0.2) is 0 Å². The molecule has 1 fully saturated rings. The summed E-state index contributed by atoms with van der Waals surface area (Å²) >= 11 is 6.22. The van der Waals surface area contributed by atoms with Crippen molar-refractivity contribution in [2.45, 2.75) is 54.3 Å². The minimum atomic E-state index is -0.120. The minimum Gasteiger partial charge on any atom is -0.340 e. The van der Waals surface area contributed by atoms with Gasteiger partial charge in [0.05, 0.1) is 34.6 Å². The molecule has 7 nitrogen and oxygen atoms in total. The fourth-order valence-corrected chi connectivity index (χ4v) is 3.88. The highest BCUT2D eigenvalue weighted by molar-refractivity contribution is 6.31. The molecule has 2 aromatic heterocycles. The quantitative estimate of drug-likeness (QED) is 0.740. The predicted octanol–water partition coefficient (Wildman–Crippen LogP) is 2.66. The van der Waals surface area contributed by atoms with Crippen molar-refractivity contribution in [1.29, 1.82) is 0 Å². The number of piperazine rings is 1. The van der Waals surface area contributed by atoms with Gasteiger partial charge in [0.25, 0.3) is 0 Å². The molecule has 3 rings (SSSR count). The van der Waals surface area contributed by atoms with Gasteiger partial charge in [-0.3, -0.25) is 19.1 Å². The van der Waals surface area contributed by atoms with Crippen LogP contribution in [-0.2, 0) is 24.4 Å². The number of rotatable bonds is 6. The summed E-state index contributed by atoms with van der Waals surface area (Å²) in [6.07, 6.45) is 2.13. The first kappa shape index (κ1) is 20.9. The molecule has 8 heteroatoms. The summed E-state index contributed by atoms with van der Waals surface area (Å²) < 4.78 is 3.84. The second-order valence-corrected chi connectivity index (χ2v) is 8.14. The van der Waals surface area contributed by atoms with Crippen LogP contribution in [0.2, 0.25) is 5.02 Å². The van der Waals surface area contributed by atoms with Gasteiger partial charge < -0.3 is 4.90 Å². The van der Waals surface area contributed by atoms with E-state index in [1.54, 1.807) is 0 Å². The van der Waals surface area contributed by atoms with Crippen LogP contribution in [0.25, 0.3) is 0 Å². The Labute approximate surface area is 172 Å². The number of hydrogen-bond acceptors (Lipinski definition) is 4. The van der Waals surface area contributed by atoms with Crippen LogP contribution >= 0.6 is 11.6 Å². The van der Waals surface area contributed by atoms with E-state index < -0.39 is 0 Å². The third-order valence-corrected chi connectivity index (χ3v) is 6.16. The Balaban J connectivity index is 1.52. The molecule has 154 valence electrons. The number of halogens is 1. The van der Waals surface area contributed by atoms with Crippen LogP contribution in [0.4, 0.5) is 0 Å². The lowest BCUT2D eigenvalue weighted by atomic mass is 10.1. The number of amides is 1. The molecule has 0 spiro atoms. The van der Waals surface area contributed by atoms with E-state index in [4.69, 9.17) is 11.6 Å². The highest BCUT2D eigenvalue weighted by atomic mass is 35.5. The van der Waals surface area contributed by atoms with Gasteiger partial charge in [-0.05, 0) is 27.7 Å². The van der Waals surface area contributed by atoms with Crippen LogP contribution in [0.5, 0.6) is 0 Å². The fraction of sp³-hybridized carbons (Fsp3) is 0.650. The van der Waals surface area contributed by atoms with Crippen LogP contribution < -0.4 is 0 Å². The van der Waals surface area contributed by atoms with Crippen molar-refractivity contribution in [3.05, 3.63) is 33.9 Å². The predicted molar refractivity (Wildman–Crippen MR) is 110 cm³/mol. The third kappa shape index (κ3) is 4.41. The van der Waals surface area contributed by atoms with Gasteiger partial charge in [-0.1, -0.05) is 18.5 Å². The van der Waals surface area contributed by atoms with Crippen LogP contribution in [-0.4, -0.2) is 61.4 Å². The van der Waals surface area contributed by atoms with Gasteiger partial charge in [0.15, 0.2) is 0 Å². The molecule has 1 unspecified atom stereocenters. The van der Waals surface area contributed by atoms with Crippen molar-refractivity contribution in [3.8, 4) is 0 Å². The van der Waals surface area contributed by atoms with Gasteiger partial charge in [-0.15, -0.1) is 0 Å². The molecule has 0 N–H and O–H groups in total. The Morgan fingerprint density at radius 2 is 1.82 bits per heavy atom. The molecule has 0 saturated carbocycles. The monoisotopic (exact) mass is 406 g/mol. The van der Waals surface area contributed by atoms with E-state index >= 15 is 0 Å². The number of aromatic nitrogens is 4. The van der Waals surface area contributed by atoms with Gasteiger partial charge >= 0.3 is 0 Å². The van der Waals surface area contributed by atoms with Gasteiger partial charge in [0, 0.05) is 51.0 Å². The zero-order valence-electron chi connectivity index (χ0n) is 17.6. The molecule has 1 amide bonds. The molecule has 3 heterocycles. The second-order valence-electron chi connectivity index (χ2n) is 7.76. The van der Waals surface area contributed by atoms with E-state index in [0.717, 1.165) is 56.4 Å². The maximum Gasteiger partial charge on any atom is 0.227 e. The first-order chi connectivity index (χ1) is 13.3. The summed E-state index contributed by atoms with van der Waals surface area (Å²) in [5, 5.41) is 9.66. The van der Waals surface area contributed by atoms with Gasteiger partial charge in [-0.2, -0.15) is 10.2 Å². The Hall–Kier alpha value is -1.86. The normalized spacial score (nSPS) is 16.6. The van der Waals surface area contributed by atoms with Crippen LogP contribution in [0, 0.1) is 26.7 Å². The molecular formula is C20H31ClN6O. The van der Waals surface area contributed by atoms with E-state index in [-0.39, 0.29) is 11.8 Å². The van der Waals surface area contributed by atoms with Crippen molar-refractivity contribution < 1.29 is 4.79 Å². The van der Waals surface area contributed by atoms with Gasteiger partial charge in [0.2, 0.25) is 5.91 Å². The molecule has 1 aliphatic heterocycles. The molecule has 2 aromatic rings. The van der Waals surface area contributed by atoms with Crippen LogP contribution in [0.1, 0.15) is 36.5 Å². The van der Waals surface area contributed by atoms with Crippen molar-refractivity contribution in [2.24, 2.45) is 5.92 Å². The lowest BCUT2D eigenvalue weighted by Gasteiger charge is -2.36. The van der Waals surface area contributed by atoms with Crippen molar-refractivity contribution in [1.82, 2.24) is 29.4 Å². The summed E-state index contributed by atoms with van der Waals surface area (Å²) in [5.74, 6) is 0.0731. The highest BCUT2D eigenvalue weighted by Gasteiger charge is 2.26. The number of aryl methyl sites for hydroxylation is 3. The standard InChI is InChI=1S/C20H31ClN6O/c1-6-26-13-18(15(3)22-26)12-24-7-9-25(10-8-24)20(28)14(2)11-27-17(5)19(21)16(4)23-27/h13-14H,6-12H2,1-5H3. The molecule has 1 saturated heterocycles. The van der Waals surface area contributed by atoms with Crippen LogP contribution in [0.15, 0.2) is 6.20 Å². The van der Waals surface area contributed by atoms with E-state index in [2.05, 4.69) is 35.1 Å². The summed E-state index contributed by atoms with van der Waals surface area (Å²) in [5.41, 5.74) is 4.11. The topological polar surface area (TPSA) is 59.2 Å². The zero-order valence-corrected chi connectivity index (χ0v) is 18.3. The number of hydrogen-bond donors (Lipinski definition) is 0. The SMILES string of the molecule is CCn1cc(CN2CCN(C(=O)C(C)Cn3nc(C)c(Cl)c3C)CC2)c(C)n1. The van der Waals surface area contributed by atoms with Crippen molar-refractivity contribution in [3.63, 3.8) is 0 Å². The first-order valence-electron chi connectivity index (χ1n) is 10.0. The first-order valence-corrected chi connectivity index (χ1v) is 10.4. The average Bonchev–Trinajstić information content (AvgIpc) is 3.16. The largest absolute Gasteiger partial charge is 0.340 e. The lowest BCUT2D eigenvalue weighted by Crippen LogP contribution is -2.50. The van der Waals surface area contributed by atoms with Gasteiger partial charge in [0.1, 0.15) is 0 Å². The van der Waals surface area contributed by atoms with E-state index in [0.29, 0.717) is 11.6 Å². The minimum absolute atomic E-state index is 0.120.